The lowest BCUT2D eigenvalue weighted by molar-refractivity contribution is -0.136. The number of rotatable bonds is 10. The van der Waals surface area contributed by atoms with E-state index in [2.05, 4.69) is 32.3 Å². The minimum atomic E-state index is -0.964. The fourth-order valence-corrected chi connectivity index (χ4v) is 8.39. The maximum absolute atomic E-state index is 13.3. The molecule has 3 N–H and O–H groups in total. The molecular formula is C41H45N7O5. The molecule has 5 amide bonds. The Morgan fingerprint density at radius 1 is 0.887 bits per heavy atom. The van der Waals surface area contributed by atoms with Gasteiger partial charge in [-0.3, -0.25) is 39.1 Å². The molecule has 8 rings (SSSR count). The van der Waals surface area contributed by atoms with Crippen LogP contribution in [0.2, 0.25) is 0 Å². The van der Waals surface area contributed by atoms with Crippen molar-refractivity contribution in [2.24, 2.45) is 5.92 Å². The highest BCUT2D eigenvalue weighted by atomic mass is 16.2. The Morgan fingerprint density at radius 3 is 2.43 bits per heavy atom. The van der Waals surface area contributed by atoms with E-state index in [0.29, 0.717) is 28.7 Å². The van der Waals surface area contributed by atoms with Crippen molar-refractivity contribution in [1.29, 1.82) is 0 Å². The lowest BCUT2D eigenvalue weighted by Crippen LogP contribution is -2.54. The van der Waals surface area contributed by atoms with Crippen molar-refractivity contribution in [2.45, 2.75) is 83.3 Å². The van der Waals surface area contributed by atoms with Gasteiger partial charge in [-0.2, -0.15) is 0 Å². The van der Waals surface area contributed by atoms with E-state index in [1.807, 2.05) is 48.5 Å². The van der Waals surface area contributed by atoms with Crippen LogP contribution in [0, 0.1) is 5.92 Å². The molecule has 0 bridgehead atoms. The summed E-state index contributed by atoms with van der Waals surface area (Å²) in [6.45, 7) is 5.90. The summed E-state index contributed by atoms with van der Waals surface area (Å²) < 4.78 is 0. The summed E-state index contributed by atoms with van der Waals surface area (Å²) in [5, 5.41) is 5.28. The molecule has 1 aromatic heterocycles. The van der Waals surface area contributed by atoms with Crippen LogP contribution < -0.4 is 15.5 Å². The number of hydrogen-bond donors (Lipinski definition) is 3. The van der Waals surface area contributed by atoms with E-state index in [-0.39, 0.29) is 24.7 Å². The predicted octanol–water partition coefficient (Wildman–Crippen LogP) is 5.44. The molecule has 274 valence electrons. The van der Waals surface area contributed by atoms with Gasteiger partial charge in [0.1, 0.15) is 11.9 Å². The molecule has 12 nitrogen and oxygen atoms in total. The monoisotopic (exact) mass is 715 g/mol. The highest BCUT2D eigenvalue weighted by molar-refractivity contribution is 6.23. The molecule has 4 aliphatic heterocycles. The van der Waals surface area contributed by atoms with Crippen molar-refractivity contribution in [3.8, 4) is 0 Å². The Labute approximate surface area is 308 Å². The van der Waals surface area contributed by atoms with Crippen molar-refractivity contribution in [2.75, 3.05) is 29.9 Å². The van der Waals surface area contributed by atoms with E-state index < -0.39 is 23.8 Å². The highest BCUT2D eigenvalue weighted by Gasteiger charge is 2.44. The van der Waals surface area contributed by atoms with Crippen molar-refractivity contribution >= 4 is 51.9 Å². The first-order valence-electron chi connectivity index (χ1n) is 18.9. The van der Waals surface area contributed by atoms with Crippen molar-refractivity contribution < 1.29 is 24.0 Å². The third-order valence-corrected chi connectivity index (χ3v) is 11.5. The van der Waals surface area contributed by atoms with E-state index in [4.69, 9.17) is 4.98 Å². The number of aromatic nitrogens is 2. The summed E-state index contributed by atoms with van der Waals surface area (Å²) in [5.41, 5.74) is 5.90. The van der Waals surface area contributed by atoms with Gasteiger partial charge in [-0.15, -0.1) is 0 Å². The summed E-state index contributed by atoms with van der Waals surface area (Å²) >= 11 is 0. The standard InChI is InChI=1S/C41H45N7O5/c1-25-4-3-19-47(25)24-36-43-33-14-11-29(22-34(33)44-36)42-38(50)28-9-7-26(8-10-28)5-2-6-27-17-20-46(21-18-27)30-12-13-31-32(23-30)41(53)48(40(31)52)35-15-16-37(49)45-39(35)51/h7-14,22-23,25,27,35H,2-6,15-21,24H2,1H3,(H,42,50)(H,43,44)(H,45,49,51)/t25-,35?/m0/s1. The molecule has 4 aliphatic rings. The zero-order valence-corrected chi connectivity index (χ0v) is 30.0. The molecule has 0 aliphatic carbocycles. The van der Waals surface area contributed by atoms with Crippen LogP contribution in [0.4, 0.5) is 11.4 Å². The number of amides is 5. The summed E-state index contributed by atoms with van der Waals surface area (Å²) in [6, 6.07) is 18.6. The maximum atomic E-state index is 13.3. The van der Waals surface area contributed by atoms with Gasteiger partial charge < -0.3 is 15.2 Å². The first kappa shape index (κ1) is 34.7. The second kappa shape index (κ2) is 14.6. The number of anilines is 2. The van der Waals surface area contributed by atoms with Crippen LogP contribution in [-0.4, -0.2) is 81.0 Å². The van der Waals surface area contributed by atoms with E-state index in [9.17, 15) is 24.0 Å². The van der Waals surface area contributed by atoms with E-state index in [1.165, 1.54) is 18.4 Å². The molecule has 4 aromatic rings. The van der Waals surface area contributed by atoms with Crippen LogP contribution in [0.25, 0.3) is 11.0 Å². The SMILES string of the molecule is C[C@H]1CCCN1Cc1nc2ccc(NC(=O)c3ccc(CCCC4CCN(c5ccc6c(c5)C(=O)N(C5CCC(=O)NC5=O)C6=O)CC4)cc3)cc2[nH]1. The second-order valence-electron chi connectivity index (χ2n) is 15.0. The number of aryl methyl sites for hydroxylation is 1. The molecule has 3 fully saturated rings. The number of nitrogens with one attached hydrogen (secondary N) is 3. The molecule has 0 radical (unpaired) electrons. The van der Waals surface area contributed by atoms with Gasteiger partial charge in [0.15, 0.2) is 0 Å². The number of likely N-dealkylation sites (tertiary alicyclic amines) is 1. The lowest BCUT2D eigenvalue weighted by Gasteiger charge is -2.34. The normalized spacial score (nSPS) is 21.1. The number of piperidine rings is 2. The molecule has 1 unspecified atom stereocenters. The maximum Gasteiger partial charge on any atom is 0.262 e. The average molecular weight is 716 g/mol. The largest absolute Gasteiger partial charge is 0.371 e. The number of imide groups is 2. The smallest absolute Gasteiger partial charge is 0.262 e. The first-order valence-corrected chi connectivity index (χ1v) is 18.9. The van der Waals surface area contributed by atoms with Gasteiger partial charge in [0.25, 0.3) is 17.7 Å². The molecule has 3 aromatic carbocycles. The topological polar surface area (TPSA) is 148 Å². The Balaban J connectivity index is 0.789. The molecule has 0 saturated carbocycles. The van der Waals surface area contributed by atoms with E-state index in [0.717, 1.165) is 91.4 Å². The zero-order valence-electron chi connectivity index (χ0n) is 30.0. The third kappa shape index (κ3) is 7.20. The fourth-order valence-electron chi connectivity index (χ4n) is 8.39. The number of fused-ring (bicyclic) bond motifs is 2. The quantitative estimate of drug-likeness (QED) is 0.184. The molecular weight excluding hydrogens is 670 g/mol. The number of carbonyl (C=O) groups is 5. The molecule has 2 atom stereocenters. The Hall–Kier alpha value is -5.36. The zero-order chi connectivity index (χ0) is 36.6. The van der Waals surface area contributed by atoms with Gasteiger partial charge in [0.2, 0.25) is 11.8 Å². The predicted molar refractivity (Wildman–Crippen MR) is 201 cm³/mol. The second-order valence-corrected chi connectivity index (χ2v) is 15.0. The van der Waals surface area contributed by atoms with Gasteiger partial charge in [-0.05, 0) is 125 Å². The van der Waals surface area contributed by atoms with Crippen LogP contribution in [-0.2, 0) is 22.6 Å². The summed E-state index contributed by atoms with van der Waals surface area (Å²) in [4.78, 5) is 77.3. The molecule has 12 heteroatoms. The average Bonchev–Trinajstić information content (AvgIpc) is 3.83. The Bertz CT molecular complexity index is 2080. The number of H-pyrrole nitrogens is 1. The van der Waals surface area contributed by atoms with Crippen molar-refractivity contribution in [3.63, 3.8) is 0 Å². The number of nitrogens with zero attached hydrogens (tertiary/aromatic N) is 4. The Kier molecular flexibility index (Phi) is 9.55. The summed E-state index contributed by atoms with van der Waals surface area (Å²) in [5.74, 6) is -0.538. The minimum absolute atomic E-state index is 0.0974. The van der Waals surface area contributed by atoms with Crippen molar-refractivity contribution in [1.82, 2.24) is 25.1 Å². The molecule has 53 heavy (non-hydrogen) atoms. The number of carbonyl (C=O) groups excluding carboxylic acids is 5. The highest BCUT2D eigenvalue weighted by Crippen LogP contribution is 2.33. The fraction of sp³-hybridized carbons (Fsp3) is 0.415. The first-order chi connectivity index (χ1) is 25.7. The number of benzene rings is 3. The molecule has 0 spiro atoms. The van der Waals surface area contributed by atoms with Crippen LogP contribution in [0.1, 0.15) is 101 Å². The molecule has 3 saturated heterocycles. The van der Waals surface area contributed by atoms with Crippen LogP contribution in [0.15, 0.2) is 60.7 Å². The minimum Gasteiger partial charge on any atom is -0.371 e. The lowest BCUT2D eigenvalue weighted by atomic mass is 9.90. The van der Waals surface area contributed by atoms with Gasteiger partial charge >= 0.3 is 0 Å². The summed E-state index contributed by atoms with van der Waals surface area (Å²) in [6.07, 6.45) is 7.89. The van der Waals surface area contributed by atoms with Gasteiger partial charge in [0.05, 0.1) is 28.7 Å². The van der Waals surface area contributed by atoms with E-state index in [1.54, 1.807) is 12.1 Å². The van der Waals surface area contributed by atoms with Crippen LogP contribution >= 0.6 is 0 Å². The van der Waals surface area contributed by atoms with Crippen LogP contribution in [0.5, 0.6) is 0 Å². The van der Waals surface area contributed by atoms with E-state index >= 15 is 0 Å². The third-order valence-electron chi connectivity index (χ3n) is 11.5. The van der Waals surface area contributed by atoms with Gasteiger partial charge in [-0.1, -0.05) is 12.1 Å². The van der Waals surface area contributed by atoms with Gasteiger partial charge in [0, 0.05) is 42.5 Å². The number of imidazole rings is 1. The van der Waals surface area contributed by atoms with Gasteiger partial charge in [-0.25, -0.2) is 4.98 Å². The van der Waals surface area contributed by atoms with Crippen LogP contribution in [0.3, 0.4) is 0 Å². The molecule has 5 heterocycles. The van der Waals surface area contributed by atoms with Crippen molar-refractivity contribution in [3.05, 3.63) is 88.7 Å². The summed E-state index contributed by atoms with van der Waals surface area (Å²) in [7, 11) is 0. The number of hydrogen-bond acceptors (Lipinski definition) is 8. The number of aromatic amines is 1. The Morgan fingerprint density at radius 2 is 1.68 bits per heavy atom.